The second-order valence-corrected chi connectivity index (χ2v) is 4.47. The highest BCUT2D eigenvalue weighted by Crippen LogP contribution is 2.41. The molecule has 5 heteroatoms. The van der Waals surface area contributed by atoms with Crippen LogP contribution in [0.3, 0.4) is 0 Å². The minimum Gasteiger partial charge on any atom is -0.485 e. The zero-order chi connectivity index (χ0) is 14.2. The van der Waals surface area contributed by atoms with Gasteiger partial charge in [0.2, 0.25) is 0 Å². The Kier molecular flexibility index (Phi) is 3.29. The van der Waals surface area contributed by atoms with Crippen LogP contribution >= 0.6 is 0 Å². The number of nitrogens with zero attached hydrogens (tertiary/aromatic N) is 2. The highest BCUT2D eigenvalue weighted by molar-refractivity contribution is 5.79. The zero-order valence-corrected chi connectivity index (χ0v) is 11.1. The van der Waals surface area contributed by atoms with E-state index >= 15 is 0 Å². The molecule has 2 rings (SSSR count). The number of hydrogen-bond acceptors (Lipinski definition) is 4. The smallest absolute Gasteiger partial charge is 0.280 e. The van der Waals surface area contributed by atoms with Crippen LogP contribution in [0.2, 0.25) is 0 Å². The largest absolute Gasteiger partial charge is 0.485 e. The van der Waals surface area contributed by atoms with Crippen LogP contribution < -0.4 is 9.64 Å². The second-order valence-electron chi connectivity index (χ2n) is 4.47. The first-order valence-electron chi connectivity index (χ1n) is 6.00. The lowest BCUT2D eigenvalue weighted by Gasteiger charge is -2.30. The molecule has 0 radical (unpaired) electrons. The minimum absolute atomic E-state index is 0.0338. The maximum atomic E-state index is 11.2. The molecule has 0 aromatic heterocycles. The molecule has 1 aromatic carbocycles. The number of fused-ring (bicyclic) bond motifs is 1. The molecule has 1 aliphatic rings. The second kappa shape index (κ2) is 4.76. The van der Waals surface area contributed by atoms with Gasteiger partial charge in [-0.05, 0) is 18.1 Å². The number of likely N-dealkylation sites (N-methyl/N-ethyl adjacent to an activating group) is 1. The lowest BCUT2D eigenvalue weighted by atomic mass is 10.0. The first-order chi connectivity index (χ1) is 8.95. The van der Waals surface area contributed by atoms with Gasteiger partial charge in [-0.2, -0.15) is 0 Å². The van der Waals surface area contributed by atoms with Crippen LogP contribution in [-0.4, -0.2) is 18.6 Å². The standard InChI is InChI=1S/C14H16N2O3/c1-5-9(2)11-6-13-14(7-12(11)16(17)18)19-8-10(3)15(13)4/h6-7H,2-3,5,8H2,1,4H3. The Morgan fingerprint density at radius 3 is 2.84 bits per heavy atom. The molecule has 19 heavy (non-hydrogen) atoms. The van der Waals surface area contributed by atoms with Crippen molar-refractivity contribution in [1.29, 1.82) is 0 Å². The summed E-state index contributed by atoms with van der Waals surface area (Å²) in [5.74, 6) is 0.509. The van der Waals surface area contributed by atoms with Gasteiger partial charge in [0.15, 0.2) is 0 Å². The summed E-state index contributed by atoms with van der Waals surface area (Å²) in [5, 5.41) is 11.2. The van der Waals surface area contributed by atoms with Crippen molar-refractivity contribution in [3.05, 3.63) is 46.7 Å². The molecule has 100 valence electrons. The SMILES string of the molecule is C=C(CC)c1cc2c(cc1[N+](=O)[O-])OCC(=C)N2C. The first-order valence-corrected chi connectivity index (χ1v) is 6.00. The lowest BCUT2D eigenvalue weighted by Crippen LogP contribution is -2.26. The fourth-order valence-corrected chi connectivity index (χ4v) is 1.99. The van der Waals surface area contributed by atoms with E-state index in [4.69, 9.17) is 4.74 Å². The van der Waals surface area contributed by atoms with E-state index in [2.05, 4.69) is 13.2 Å². The van der Waals surface area contributed by atoms with Gasteiger partial charge in [-0.25, -0.2) is 0 Å². The molecule has 0 bridgehead atoms. The van der Waals surface area contributed by atoms with Crippen molar-refractivity contribution in [2.45, 2.75) is 13.3 Å². The molecule has 0 saturated heterocycles. The zero-order valence-electron chi connectivity index (χ0n) is 11.1. The minimum atomic E-state index is -0.400. The van der Waals surface area contributed by atoms with Crippen LogP contribution in [0.1, 0.15) is 18.9 Å². The van der Waals surface area contributed by atoms with Gasteiger partial charge in [0.05, 0.1) is 22.2 Å². The maximum absolute atomic E-state index is 11.2. The number of anilines is 1. The first kappa shape index (κ1) is 13.1. The van der Waals surface area contributed by atoms with Crippen LogP contribution in [-0.2, 0) is 0 Å². The predicted molar refractivity (Wildman–Crippen MR) is 75.5 cm³/mol. The Labute approximate surface area is 111 Å². The van der Waals surface area contributed by atoms with Gasteiger partial charge in [0, 0.05) is 12.7 Å². The predicted octanol–water partition coefficient (Wildman–Crippen LogP) is 3.36. The van der Waals surface area contributed by atoms with E-state index in [1.165, 1.54) is 6.07 Å². The molecule has 0 aliphatic carbocycles. The molecule has 0 saturated carbocycles. The van der Waals surface area contributed by atoms with Crippen molar-refractivity contribution in [2.75, 3.05) is 18.6 Å². The van der Waals surface area contributed by atoms with Crippen molar-refractivity contribution in [2.24, 2.45) is 0 Å². The summed E-state index contributed by atoms with van der Waals surface area (Å²) in [6, 6.07) is 3.22. The number of ether oxygens (including phenoxy) is 1. The Bertz CT molecular complexity index is 578. The van der Waals surface area contributed by atoms with Crippen LogP contribution in [0.5, 0.6) is 5.75 Å². The van der Waals surface area contributed by atoms with Crippen molar-refractivity contribution in [3.8, 4) is 5.75 Å². The molecular weight excluding hydrogens is 244 g/mol. The van der Waals surface area contributed by atoms with Crippen LogP contribution in [0.4, 0.5) is 11.4 Å². The summed E-state index contributed by atoms with van der Waals surface area (Å²) in [5.41, 5.74) is 2.92. The Balaban J connectivity index is 2.63. The van der Waals surface area contributed by atoms with Gasteiger partial charge in [0.25, 0.3) is 5.69 Å². The van der Waals surface area contributed by atoms with Crippen LogP contribution in [0.15, 0.2) is 31.0 Å². The maximum Gasteiger partial charge on any atom is 0.280 e. The summed E-state index contributed by atoms with van der Waals surface area (Å²) in [4.78, 5) is 12.6. The molecule has 1 heterocycles. The van der Waals surface area contributed by atoms with Crippen molar-refractivity contribution in [3.63, 3.8) is 0 Å². The van der Waals surface area contributed by atoms with Crippen molar-refractivity contribution < 1.29 is 9.66 Å². The molecule has 1 aromatic rings. The molecule has 0 N–H and O–H groups in total. The van der Waals surface area contributed by atoms with E-state index in [1.54, 1.807) is 6.07 Å². The lowest BCUT2D eigenvalue weighted by molar-refractivity contribution is -0.385. The van der Waals surface area contributed by atoms with Crippen LogP contribution in [0, 0.1) is 10.1 Å². The van der Waals surface area contributed by atoms with Gasteiger partial charge in [-0.1, -0.05) is 20.1 Å². The molecule has 0 atom stereocenters. The summed E-state index contributed by atoms with van der Waals surface area (Å²) in [6.45, 7) is 10.0. The normalized spacial score (nSPS) is 13.8. The van der Waals surface area contributed by atoms with Gasteiger partial charge < -0.3 is 9.64 Å². The summed E-state index contributed by atoms with van der Waals surface area (Å²) in [6.07, 6.45) is 0.658. The molecular formula is C14H16N2O3. The van der Waals surface area contributed by atoms with E-state index < -0.39 is 4.92 Å². The fraction of sp³-hybridized carbons (Fsp3) is 0.286. The van der Waals surface area contributed by atoms with Crippen LogP contribution in [0.25, 0.3) is 5.57 Å². The van der Waals surface area contributed by atoms with E-state index in [0.29, 0.717) is 24.3 Å². The summed E-state index contributed by atoms with van der Waals surface area (Å²) < 4.78 is 5.49. The van der Waals surface area contributed by atoms with Crippen molar-refractivity contribution in [1.82, 2.24) is 0 Å². The number of benzene rings is 1. The summed E-state index contributed by atoms with van der Waals surface area (Å²) in [7, 11) is 1.87. The number of nitro benzene ring substituents is 1. The van der Waals surface area contributed by atoms with E-state index in [0.717, 1.165) is 17.0 Å². The molecule has 0 fully saturated rings. The third-order valence-corrected chi connectivity index (χ3v) is 3.31. The Morgan fingerprint density at radius 2 is 2.26 bits per heavy atom. The van der Waals surface area contributed by atoms with Gasteiger partial charge >= 0.3 is 0 Å². The average Bonchev–Trinajstić information content (AvgIpc) is 2.40. The molecule has 0 amide bonds. The molecule has 0 unspecified atom stereocenters. The fourth-order valence-electron chi connectivity index (χ4n) is 1.99. The topological polar surface area (TPSA) is 55.6 Å². The third-order valence-electron chi connectivity index (χ3n) is 3.31. The molecule has 1 aliphatic heterocycles. The average molecular weight is 260 g/mol. The number of rotatable bonds is 3. The summed E-state index contributed by atoms with van der Waals surface area (Å²) >= 11 is 0. The van der Waals surface area contributed by atoms with E-state index in [1.807, 2.05) is 18.9 Å². The van der Waals surface area contributed by atoms with Gasteiger partial charge in [0.1, 0.15) is 12.4 Å². The number of nitro groups is 1. The quantitative estimate of drug-likeness (QED) is 0.617. The number of allylic oxidation sites excluding steroid dienone is 1. The number of hydrogen-bond donors (Lipinski definition) is 0. The monoisotopic (exact) mass is 260 g/mol. The Morgan fingerprint density at radius 1 is 1.58 bits per heavy atom. The van der Waals surface area contributed by atoms with E-state index in [9.17, 15) is 10.1 Å². The Hall–Kier alpha value is -2.30. The highest BCUT2D eigenvalue weighted by atomic mass is 16.6. The van der Waals surface area contributed by atoms with Crippen molar-refractivity contribution >= 4 is 16.9 Å². The van der Waals surface area contributed by atoms with Gasteiger partial charge in [-0.15, -0.1) is 0 Å². The van der Waals surface area contributed by atoms with Gasteiger partial charge in [-0.3, -0.25) is 10.1 Å². The molecule has 0 spiro atoms. The third kappa shape index (κ3) is 2.19. The van der Waals surface area contributed by atoms with E-state index in [-0.39, 0.29) is 5.69 Å². The highest BCUT2D eigenvalue weighted by Gasteiger charge is 2.25. The molecule has 5 nitrogen and oxygen atoms in total.